The minimum absolute atomic E-state index is 0.105. The average molecular weight is 472 g/mol. The number of aromatic nitrogens is 4. The fourth-order valence-electron chi connectivity index (χ4n) is 4.43. The van der Waals surface area contributed by atoms with Gasteiger partial charge in [-0.2, -0.15) is 0 Å². The summed E-state index contributed by atoms with van der Waals surface area (Å²) in [5.74, 6) is 0.639. The number of fused-ring (bicyclic) bond motifs is 1. The van der Waals surface area contributed by atoms with Crippen LogP contribution in [0.3, 0.4) is 0 Å². The Morgan fingerprint density at radius 3 is 2.29 bits per heavy atom. The van der Waals surface area contributed by atoms with E-state index in [1.54, 1.807) is 4.90 Å². The Labute approximate surface area is 203 Å². The summed E-state index contributed by atoms with van der Waals surface area (Å²) in [5, 5.41) is 4.44. The Bertz CT molecular complexity index is 1340. The number of anilines is 2. The number of piperazine rings is 1. The van der Waals surface area contributed by atoms with Crippen molar-refractivity contribution in [1.29, 1.82) is 0 Å². The van der Waals surface area contributed by atoms with Crippen molar-refractivity contribution in [1.82, 2.24) is 24.1 Å². The topological polar surface area (TPSA) is 79.0 Å². The molecule has 1 fully saturated rings. The fraction of sp³-hybridized carbons (Fsp3) is 0.308. The zero-order valence-corrected chi connectivity index (χ0v) is 19.8. The zero-order valence-electron chi connectivity index (χ0n) is 19.8. The van der Waals surface area contributed by atoms with E-state index in [0.29, 0.717) is 18.7 Å². The second-order valence-corrected chi connectivity index (χ2v) is 8.62. The SMILES string of the molecule is CCN(Cc1ccccc1)C(=O)Cn1nc2cc(N3CCN(c4ccccc4)CC3)ncn2c1=O. The summed E-state index contributed by atoms with van der Waals surface area (Å²) < 4.78 is 2.62. The number of nitrogens with zero attached hydrogens (tertiary/aromatic N) is 7. The van der Waals surface area contributed by atoms with Crippen molar-refractivity contribution in [3.63, 3.8) is 0 Å². The first-order valence-corrected chi connectivity index (χ1v) is 11.9. The van der Waals surface area contributed by atoms with Gasteiger partial charge in [0.25, 0.3) is 0 Å². The molecule has 0 spiro atoms. The molecule has 0 atom stereocenters. The molecular formula is C26H29N7O2. The lowest BCUT2D eigenvalue weighted by Gasteiger charge is -2.36. The molecule has 1 amide bonds. The Morgan fingerprint density at radius 1 is 0.943 bits per heavy atom. The third-order valence-corrected chi connectivity index (χ3v) is 6.42. The molecule has 1 saturated heterocycles. The van der Waals surface area contributed by atoms with Gasteiger partial charge in [-0.1, -0.05) is 48.5 Å². The van der Waals surface area contributed by atoms with Gasteiger partial charge in [0.15, 0.2) is 5.65 Å². The summed E-state index contributed by atoms with van der Waals surface area (Å²) in [6.45, 7) is 6.31. The van der Waals surface area contributed by atoms with Gasteiger partial charge >= 0.3 is 5.69 Å². The molecule has 0 N–H and O–H groups in total. The van der Waals surface area contributed by atoms with Gasteiger partial charge < -0.3 is 14.7 Å². The predicted octanol–water partition coefficient (Wildman–Crippen LogP) is 2.27. The first-order valence-electron chi connectivity index (χ1n) is 11.9. The van der Waals surface area contributed by atoms with Crippen molar-refractivity contribution < 1.29 is 4.79 Å². The molecule has 3 heterocycles. The highest BCUT2D eigenvalue weighted by atomic mass is 16.2. The Kier molecular flexibility index (Phi) is 6.47. The second kappa shape index (κ2) is 10.0. The van der Waals surface area contributed by atoms with Crippen LogP contribution < -0.4 is 15.5 Å². The summed E-state index contributed by atoms with van der Waals surface area (Å²) in [7, 11) is 0. The zero-order chi connectivity index (χ0) is 24.2. The van der Waals surface area contributed by atoms with Crippen LogP contribution in [0.4, 0.5) is 11.5 Å². The first-order chi connectivity index (χ1) is 17.1. The highest BCUT2D eigenvalue weighted by Gasteiger charge is 2.20. The van der Waals surface area contributed by atoms with Gasteiger partial charge in [-0.25, -0.2) is 18.9 Å². The minimum atomic E-state index is -0.364. The molecule has 4 aromatic rings. The lowest BCUT2D eigenvalue weighted by Crippen LogP contribution is -2.46. The Hall–Kier alpha value is -4.14. The van der Waals surface area contributed by atoms with E-state index in [4.69, 9.17) is 0 Å². The molecule has 2 aromatic carbocycles. The lowest BCUT2D eigenvalue weighted by atomic mass is 10.2. The maximum absolute atomic E-state index is 12.9. The van der Waals surface area contributed by atoms with E-state index in [1.165, 1.54) is 21.1 Å². The van der Waals surface area contributed by atoms with E-state index >= 15 is 0 Å². The van der Waals surface area contributed by atoms with Gasteiger partial charge in [-0.05, 0) is 24.6 Å². The number of benzene rings is 2. The summed E-state index contributed by atoms with van der Waals surface area (Å²) in [6.07, 6.45) is 1.51. The molecular weight excluding hydrogens is 442 g/mol. The number of hydrogen-bond donors (Lipinski definition) is 0. The molecule has 0 aliphatic carbocycles. The van der Waals surface area contributed by atoms with Gasteiger partial charge in [0.2, 0.25) is 5.91 Å². The molecule has 180 valence electrons. The van der Waals surface area contributed by atoms with Gasteiger partial charge in [0, 0.05) is 51.0 Å². The summed E-state index contributed by atoms with van der Waals surface area (Å²) in [5.41, 5.74) is 2.40. The van der Waals surface area contributed by atoms with Gasteiger partial charge in [-0.15, -0.1) is 5.10 Å². The third-order valence-electron chi connectivity index (χ3n) is 6.42. The molecule has 9 nitrogen and oxygen atoms in total. The molecule has 5 rings (SSSR count). The van der Waals surface area contributed by atoms with Crippen molar-refractivity contribution in [3.8, 4) is 0 Å². The van der Waals surface area contributed by atoms with E-state index in [9.17, 15) is 9.59 Å². The van der Waals surface area contributed by atoms with Gasteiger partial charge in [0.1, 0.15) is 18.7 Å². The molecule has 0 bridgehead atoms. The van der Waals surface area contributed by atoms with Crippen LogP contribution in [0.15, 0.2) is 77.9 Å². The van der Waals surface area contributed by atoms with Crippen LogP contribution in [0.2, 0.25) is 0 Å². The molecule has 1 aliphatic heterocycles. The number of hydrogen-bond acceptors (Lipinski definition) is 6. The number of rotatable bonds is 7. The standard InChI is InChI=1S/C26H29N7O2/c1-2-29(18-21-9-5-3-6-10-21)25(34)19-33-26(35)32-20-27-23(17-24(32)28-33)31-15-13-30(14-16-31)22-11-7-4-8-12-22/h3-12,17,20H,2,13-16,18-19H2,1H3. The molecule has 2 aromatic heterocycles. The Balaban J connectivity index is 1.28. The van der Waals surface area contributed by atoms with Crippen molar-refractivity contribution in [2.24, 2.45) is 0 Å². The normalized spacial score (nSPS) is 13.9. The van der Waals surface area contributed by atoms with E-state index in [0.717, 1.165) is 37.6 Å². The number of para-hydroxylation sites is 1. The summed E-state index contributed by atoms with van der Waals surface area (Å²) in [6, 6.07) is 22.0. The van der Waals surface area contributed by atoms with Crippen LogP contribution >= 0.6 is 0 Å². The van der Waals surface area contributed by atoms with E-state index in [1.807, 2.05) is 49.4 Å². The van der Waals surface area contributed by atoms with Crippen molar-refractivity contribution in [3.05, 3.63) is 89.1 Å². The van der Waals surface area contributed by atoms with Crippen LogP contribution in [0.25, 0.3) is 5.65 Å². The largest absolute Gasteiger partial charge is 0.368 e. The van der Waals surface area contributed by atoms with Crippen molar-refractivity contribution in [2.75, 3.05) is 42.5 Å². The fourth-order valence-corrected chi connectivity index (χ4v) is 4.43. The smallest absolute Gasteiger partial charge is 0.352 e. The minimum Gasteiger partial charge on any atom is -0.368 e. The highest BCUT2D eigenvalue weighted by molar-refractivity contribution is 5.76. The van der Waals surface area contributed by atoms with E-state index < -0.39 is 0 Å². The second-order valence-electron chi connectivity index (χ2n) is 8.62. The maximum atomic E-state index is 12.9. The molecule has 35 heavy (non-hydrogen) atoms. The van der Waals surface area contributed by atoms with Crippen molar-refractivity contribution >= 4 is 23.1 Å². The average Bonchev–Trinajstić information content (AvgIpc) is 3.22. The highest BCUT2D eigenvalue weighted by Crippen LogP contribution is 2.19. The molecule has 0 saturated carbocycles. The number of likely N-dealkylation sites (N-methyl/N-ethyl adjacent to an activating group) is 1. The molecule has 0 unspecified atom stereocenters. The first kappa shape index (κ1) is 22.6. The van der Waals surface area contributed by atoms with Crippen molar-refractivity contribution in [2.45, 2.75) is 20.0 Å². The summed E-state index contributed by atoms with van der Waals surface area (Å²) in [4.78, 5) is 36.6. The van der Waals surface area contributed by atoms with Crippen LogP contribution in [-0.2, 0) is 17.9 Å². The monoisotopic (exact) mass is 471 g/mol. The Morgan fingerprint density at radius 2 is 1.60 bits per heavy atom. The number of amides is 1. The van der Waals surface area contributed by atoms with Crippen LogP contribution in [-0.4, -0.2) is 62.7 Å². The molecule has 9 heteroatoms. The lowest BCUT2D eigenvalue weighted by molar-refractivity contribution is -0.132. The summed E-state index contributed by atoms with van der Waals surface area (Å²) >= 11 is 0. The van der Waals surface area contributed by atoms with E-state index in [2.05, 4.69) is 44.1 Å². The van der Waals surface area contributed by atoms with Crippen LogP contribution in [0.5, 0.6) is 0 Å². The molecule has 0 radical (unpaired) electrons. The molecule has 1 aliphatic rings. The van der Waals surface area contributed by atoms with Gasteiger partial charge in [-0.3, -0.25) is 4.79 Å². The quantitative estimate of drug-likeness (QED) is 0.412. The predicted molar refractivity (Wildman–Crippen MR) is 136 cm³/mol. The number of carbonyl (C=O) groups excluding carboxylic acids is 1. The van der Waals surface area contributed by atoms with E-state index in [-0.39, 0.29) is 18.1 Å². The van der Waals surface area contributed by atoms with Crippen LogP contribution in [0.1, 0.15) is 12.5 Å². The third kappa shape index (κ3) is 4.89. The van der Waals surface area contributed by atoms with Gasteiger partial charge in [0.05, 0.1) is 0 Å². The number of carbonyl (C=O) groups is 1. The maximum Gasteiger partial charge on any atom is 0.352 e. The van der Waals surface area contributed by atoms with Crippen LogP contribution in [0, 0.1) is 0 Å².